The summed E-state index contributed by atoms with van der Waals surface area (Å²) in [7, 11) is 0. The molecule has 1 aliphatic carbocycles. The molecule has 0 aromatic heterocycles. The largest absolute Gasteiger partial charge is 0.481 e. The molecule has 20 heavy (non-hydrogen) atoms. The van der Waals surface area contributed by atoms with Gasteiger partial charge in [0.05, 0.1) is 18.4 Å². The maximum atomic E-state index is 11.9. The maximum absolute atomic E-state index is 11.9. The van der Waals surface area contributed by atoms with Crippen LogP contribution >= 0.6 is 0 Å². The highest BCUT2D eigenvalue weighted by Gasteiger charge is 2.36. The van der Waals surface area contributed by atoms with Gasteiger partial charge in [0.15, 0.2) is 0 Å². The highest BCUT2D eigenvalue weighted by atomic mass is 16.5. The Morgan fingerprint density at radius 2 is 1.80 bits per heavy atom. The molecule has 1 saturated carbocycles. The first-order chi connectivity index (χ1) is 9.66. The van der Waals surface area contributed by atoms with Crippen LogP contribution in [0.25, 0.3) is 0 Å². The van der Waals surface area contributed by atoms with Gasteiger partial charge in [-0.1, -0.05) is 38.3 Å². The third-order valence-electron chi connectivity index (χ3n) is 3.77. The molecule has 1 N–H and O–H groups in total. The third kappa shape index (κ3) is 5.76. The number of esters is 1. The molecule has 0 spiro atoms. The van der Waals surface area contributed by atoms with Crippen molar-refractivity contribution in [3.63, 3.8) is 0 Å². The predicted molar refractivity (Wildman–Crippen MR) is 77.3 cm³/mol. The van der Waals surface area contributed by atoms with Gasteiger partial charge >= 0.3 is 11.9 Å². The van der Waals surface area contributed by atoms with Crippen LogP contribution in [-0.2, 0) is 14.3 Å². The second-order valence-corrected chi connectivity index (χ2v) is 5.41. The number of carbonyl (C=O) groups is 2. The van der Waals surface area contributed by atoms with Gasteiger partial charge in [-0.25, -0.2) is 0 Å². The first-order valence-electron chi connectivity index (χ1n) is 7.71. The molecule has 2 atom stereocenters. The lowest BCUT2D eigenvalue weighted by atomic mass is 9.79. The number of carboxylic acid groups (broad SMARTS) is 1. The van der Waals surface area contributed by atoms with Gasteiger partial charge in [0.2, 0.25) is 0 Å². The Balaban J connectivity index is 2.25. The number of ether oxygens (including phenoxy) is 1. The lowest BCUT2D eigenvalue weighted by Gasteiger charge is -2.26. The van der Waals surface area contributed by atoms with Crippen molar-refractivity contribution in [3.05, 3.63) is 12.2 Å². The zero-order chi connectivity index (χ0) is 14.8. The Kier molecular flexibility index (Phi) is 8.00. The molecule has 0 heterocycles. The van der Waals surface area contributed by atoms with E-state index >= 15 is 0 Å². The Labute approximate surface area is 121 Å². The van der Waals surface area contributed by atoms with Gasteiger partial charge < -0.3 is 9.84 Å². The number of aliphatic carboxylic acids is 1. The van der Waals surface area contributed by atoms with Gasteiger partial charge in [0, 0.05) is 0 Å². The summed E-state index contributed by atoms with van der Waals surface area (Å²) >= 11 is 0. The normalized spacial score (nSPS) is 22.9. The molecule has 1 fully saturated rings. The standard InChI is InChI=1S/C16H26O4/c1-2-3-4-5-6-9-12-20-16(19)14-11-8-7-10-13(14)15(17)18/h4-5,13-14H,2-3,6-12H2,1H3,(H,17,18)/b5-4+. The highest BCUT2D eigenvalue weighted by molar-refractivity contribution is 5.81. The summed E-state index contributed by atoms with van der Waals surface area (Å²) < 4.78 is 5.23. The number of hydrogen-bond acceptors (Lipinski definition) is 3. The van der Waals surface area contributed by atoms with Crippen molar-refractivity contribution in [2.45, 2.75) is 58.3 Å². The van der Waals surface area contributed by atoms with Gasteiger partial charge in [-0.2, -0.15) is 0 Å². The summed E-state index contributed by atoms with van der Waals surface area (Å²) in [5.74, 6) is -2.19. The van der Waals surface area contributed by atoms with Crippen molar-refractivity contribution in [3.8, 4) is 0 Å². The fraction of sp³-hybridized carbons (Fsp3) is 0.750. The summed E-state index contributed by atoms with van der Waals surface area (Å²) in [4.78, 5) is 23.1. The van der Waals surface area contributed by atoms with Crippen LogP contribution < -0.4 is 0 Å². The zero-order valence-electron chi connectivity index (χ0n) is 12.3. The maximum Gasteiger partial charge on any atom is 0.309 e. The number of allylic oxidation sites excluding steroid dienone is 2. The van der Waals surface area contributed by atoms with Crippen molar-refractivity contribution in [1.82, 2.24) is 0 Å². The van der Waals surface area contributed by atoms with Crippen molar-refractivity contribution >= 4 is 11.9 Å². The van der Waals surface area contributed by atoms with Gasteiger partial charge in [-0.05, 0) is 32.1 Å². The van der Waals surface area contributed by atoms with Crippen LogP contribution in [0.4, 0.5) is 0 Å². The molecule has 0 aromatic rings. The van der Waals surface area contributed by atoms with E-state index in [4.69, 9.17) is 9.84 Å². The molecule has 0 aromatic carbocycles. The fourth-order valence-electron chi connectivity index (χ4n) is 2.59. The van der Waals surface area contributed by atoms with Gasteiger partial charge in [0.25, 0.3) is 0 Å². The van der Waals surface area contributed by atoms with E-state index in [1.807, 2.05) is 0 Å². The average Bonchev–Trinajstić information content (AvgIpc) is 2.46. The Morgan fingerprint density at radius 3 is 2.45 bits per heavy atom. The average molecular weight is 282 g/mol. The Hall–Kier alpha value is -1.32. The predicted octanol–water partition coefficient (Wildman–Crippen LogP) is 3.56. The van der Waals surface area contributed by atoms with Crippen LogP contribution in [0.1, 0.15) is 58.3 Å². The number of hydrogen-bond donors (Lipinski definition) is 1. The summed E-state index contributed by atoms with van der Waals surface area (Å²) in [6.07, 6.45) is 11.2. The molecule has 0 bridgehead atoms. The molecular weight excluding hydrogens is 256 g/mol. The van der Waals surface area contributed by atoms with E-state index in [1.165, 1.54) is 0 Å². The Morgan fingerprint density at radius 1 is 1.15 bits per heavy atom. The molecule has 0 aliphatic heterocycles. The van der Waals surface area contributed by atoms with Crippen LogP contribution in [-0.4, -0.2) is 23.7 Å². The van der Waals surface area contributed by atoms with Gasteiger partial charge in [-0.3, -0.25) is 9.59 Å². The summed E-state index contributed by atoms with van der Waals surface area (Å²) in [5.41, 5.74) is 0. The fourth-order valence-corrected chi connectivity index (χ4v) is 2.59. The van der Waals surface area contributed by atoms with Crippen molar-refractivity contribution in [2.75, 3.05) is 6.61 Å². The highest BCUT2D eigenvalue weighted by Crippen LogP contribution is 2.31. The molecule has 1 rings (SSSR count). The lowest BCUT2D eigenvalue weighted by molar-refractivity contribution is -0.159. The first-order valence-corrected chi connectivity index (χ1v) is 7.71. The number of carbonyl (C=O) groups excluding carboxylic acids is 1. The monoisotopic (exact) mass is 282 g/mol. The van der Waals surface area contributed by atoms with Crippen LogP contribution in [0.3, 0.4) is 0 Å². The number of rotatable bonds is 8. The minimum absolute atomic E-state index is 0.324. The summed E-state index contributed by atoms with van der Waals surface area (Å²) in [6.45, 7) is 2.52. The molecule has 4 heteroatoms. The lowest BCUT2D eigenvalue weighted by Crippen LogP contribution is -2.33. The van der Waals surface area contributed by atoms with Crippen molar-refractivity contribution in [1.29, 1.82) is 0 Å². The molecular formula is C16H26O4. The smallest absolute Gasteiger partial charge is 0.309 e. The van der Waals surface area contributed by atoms with Crippen LogP contribution in [0.5, 0.6) is 0 Å². The van der Waals surface area contributed by atoms with E-state index in [-0.39, 0.29) is 5.97 Å². The third-order valence-corrected chi connectivity index (χ3v) is 3.77. The topological polar surface area (TPSA) is 63.6 Å². The van der Waals surface area contributed by atoms with E-state index in [0.717, 1.165) is 38.5 Å². The van der Waals surface area contributed by atoms with Crippen LogP contribution in [0.15, 0.2) is 12.2 Å². The second-order valence-electron chi connectivity index (χ2n) is 5.41. The Bertz CT molecular complexity index is 335. The molecule has 0 saturated heterocycles. The minimum atomic E-state index is -0.867. The molecule has 114 valence electrons. The summed E-state index contributed by atoms with van der Waals surface area (Å²) in [5, 5.41) is 9.13. The molecule has 2 unspecified atom stereocenters. The molecule has 0 amide bonds. The van der Waals surface area contributed by atoms with Crippen molar-refractivity contribution in [2.24, 2.45) is 11.8 Å². The number of unbranched alkanes of at least 4 members (excludes halogenated alkanes) is 2. The van der Waals surface area contributed by atoms with E-state index in [1.54, 1.807) is 0 Å². The first kappa shape index (κ1) is 16.7. The van der Waals surface area contributed by atoms with Crippen LogP contribution in [0.2, 0.25) is 0 Å². The molecule has 4 nitrogen and oxygen atoms in total. The van der Waals surface area contributed by atoms with E-state index < -0.39 is 17.8 Å². The minimum Gasteiger partial charge on any atom is -0.481 e. The zero-order valence-corrected chi connectivity index (χ0v) is 12.3. The van der Waals surface area contributed by atoms with E-state index in [9.17, 15) is 9.59 Å². The van der Waals surface area contributed by atoms with Gasteiger partial charge in [0.1, 0.15) is 0 Å². The second kappa shape index (κ2) is 9.56. The van der Waals surface area contributed by atoms with Crippen LogP contribution in [0, 0.1) is 11.8 Å². The quantitative estimate of drug-likeness (QED) is 0.420. The summed E-state index contributed by atoms with van der Waals surface area (Å²) in [6, 6.07) is 0. The molecule has 0 radical (unpaired) electrons. The van der Waals surface area contributed by atoms with E-state index in [2.05, 4.69) is 19.1 Å². The molecule has 1 aliphatic rings. The van der Waals surface area contributed by atoms with E-state index in [0.29, 0.717) is 19.4 Å². The SMILES string of the molecule is CCC/C=C/CCCOC(=O)C1CCCCC1C(=O)O. The van der Waals surface area contributed by atoms with Crippen molar-refractivity contribution < 1.29 is 19.4 Å². The van der Waals surface area contributed by atoms with Gasteiger partial charge in [-0.15, -0.1) is 0 Å². The number of carboxylic acids is 1.